The summed E-state index contributed by atoms with van der Waals surface area (Å²) in [5.41, 5.74) is 0.708. The molecule has 8 aliphatic rings. The smallest absolute Gasteiger partial charge is 0.197 e. The first-order valence-corrected chi connectivity index (χ1v) is 15.3. The zero-order chi connectivity index (χ0) is 21.8. The van der Waals surface area contributed by atoms with Crippen LogP contribution in [-0.4, -0.2) is 47.5 Å². The molecule has 1 saturated heterocycles. The lowest BCUT2D eigenvalue weighted by molar-refractivity contribution is -0.0601. The fraction of sp³-hybridized carbons (Fsp3) is 0.967. The van der Waals surface area contributed by atoms with E-state index in [0.29, 0.717) is 5.41 Å². The van der Waals surface area contributed by atoms with Crippen LogP contribution in [0.1, 0.15) is 116 Å². The monoisotopic (exact) mass is 451 g/mol. The Labute approximate surface area is 203 Å². The molecule has 0 N–H and O–H groups in total. The van der Waals surface area contributed by atoms with Crippen LogP contribution in [-0.2, 0) is 0 Å². The lowest BCUT2D eigenvalue weighted by Gasteiger charge is -2.57. The molecule has 3 heteroatoms. The Bertz CT molecular complexity index is 696. The lowest BCUT2D eigenvalue weighted by atomic mass is 9.49. The van der Waals surface area contributed by atoms with Crippen molar-refractivity contribution in [3.8, 4) is 0 Å². The number of aliphatic imine (C=N–C) groups is 1. The van der Waals surface area contributed by atoms with Crippen LogP contribution < -0.4 is 0 Å². The maximum absolute atomic E-state index is 5.30. The molecule has 2 atom stereocenters. The van der Waals surface area contributed by atoms with Crippen molar-refractivity contribution in [2.45, 2.75) is 128 Å². The molecular formula is C30H49N3. The van der Waals surface area contributed by atoms with Gasteiger partial charge in [-0.25, -0.2) is 0 Å². The van der Waals surface area contributed by atoms with Crippen LogP contribution in [0.2, 0.25) is 0 Å². The Kier molecular flexibility index (Phi) is 5.70. The van der Waals surface area contributed by atoms with Crippen molar-refractivity contribution in [2.75, 3.05) is 19.6 Å². The van der Waals surface area contributed by atoms with Gasteiger partial charge in [-0.05, 0) is 99.2 Å². The average molecular weight is 452 g/mol. The van der Waals surface area contributed by atoms with E-state index in [-0.39, 0.29) is 0 Å². The highest BCUT2D eigenvalue weighted by molar-refractivity contribution is 5.84. The second-order valence-corrected chi connectivity index (χ2v) is 14.0. The van der Waals surface area contributed by atoms with Crippen LogP contribution in [0.3, 0.4) is 0 Å². The van der Waals surface area contributed by atoms with E-state index in [1.54, 1.807) is 38.5 Å². The third-order valence-corrected chi connectivity index (χ3v) is 11.8. The molecule has 0 amide bonds. The molecule has 0 aromatic heterocycles. The zero-order valence-corrected chi connectivity index (χ0v) is 21.2. The summed E-state index contributed by atoms with van der Waals surface area (Å²) in [4.78, 5) is 11.1. The van der Waals surface area contributed by atoms with Crippen molar-refractivity contribution in [3.63, 3.8) is 0 Å². The molecule has 2 aliphatic heterocycles. The Hall–Kier alpha value is -0.730. The molecular weight excluding hydrogens is 402 g/mol. The summed E-state index contributed by atoms with van der Waals surface area (Å²) in [6, 6.07) is 1.49. The predicted molar refractivity (Wildman–Crippen MR) is 136 cm³/mol. The van der Waals surface area contributed by atoms with Gasteiger partial charge in [-0.2, -0.15) is 0 Å². The van der Waals surface area contributed by atoms with Gasteiger partial charge in [-0.1, -0.05) is 51.4 Å². The Balaban J connectivity index is 1.07. The highest BCUT2D eigenvalue weighted by Crippen LogP contribution is 2.61. The summed E-state index contributed by atoms with van der Waals surface area (Å²) in [7, 11) is 0. The third kappa shape index (κ3) is 4.06. The van der Waals surface area contributed by atoms with Crippen molar-refractivity contribution < 1.29 is 0 Å². The van der Waals surface area contributed by atoms with Crippen LogP contribution in [0.4, 0.5) is 0 Å². The molecule has 0 spiro atoms. The van der Waals surface area contributed by atoms with Crippen molar-refractivity contribution in [2.24, 2.45) is 40.0 Å². The fourth-order valence-electron chi connectivity index (χ4n) is 10.6. The first kappa shape index (κ1) is 21.5. The maximum Gasteiger partial charge on any atom is 0.197 e. The Morgan fingerprint density at radius 3 is 2.09 bits per heavy atom. The second kappa shape index (κ2) is 8.74. The summed E-state index contributed by atoms with van der Waals surface area (Å²) >= 11 is 0. The van der Waals surface area contributed by atoms with Gasteiger partial charge in [0.25, 0.3) is 0 Å². The molecule has 0 aromatic carbocycles. The van der Waals surface area contributed by atoms with E-state index >= 15 is 0 Å². The SMILES string of the molecule is C1CCC(C[C@H]2CN=C3N2C[C@H](C2CCCCC2)N3CCC23CC4CC(CC(C4)C2)C3)CC1. The molecule has 6 aliphatic carbocycles. The number of guanidine groups is 1. The first-order valence-electron chi connectivity index (χ1n) is 15.3. The topological polar surface area (TPSA) is 18.8 Å². The Morgan fingerprint density at radius 2 is 1.42 bits per heavy atom. The van der Waals surface area contributed by atoms with E-state index in [9.17, 15) is 0 Å². The average Bonchev–Trinajstić information content (AvgIpc) is 3.38. The van der Waals surface area contributed by atoms with Crippen LogP contribution >= 0.6 is 0 Å². The molecule has 0 unspecified atom stereocenters. The fourth-order valence-corrected chi connectivity index (χ4v) is 10.6. The van der Waals surface area contributed by atoms with E-state index in [0.717, 1.165) is 48.2 Å². The van der Waals surface area contributed by atoms with Crippen LogP contribution in [0, 0.1) is 35.0 Å². The second-order valence-electron chi connectivity index (χ2n) is 14.0. The number of hydrogen-bond acceptors (Lipinski definition) is 3. The van der Waals surface area contributed by atoms with Crippen molar-refractivity contribution in [3.05, 3.63) is 0 Å². The first-order chi connectivity index (χ1) is 16.2. The number of rotatable bonds is 6. The molecule has 33 heavy (non-hydrogen) atoms. The molecule has 6 saturated carbocycles. The third-order valence-electron chi connectivity index (χ3n) is 11.8. The van der Waals surface area contributed by atoms with Crippen molar-refractivity contribution in [1.29, 1.82) is 0 Å². The summed E-state index contributed by atoms with van der Waals surface area (Å²) < 4.78 is 0. The number of nitrogens with zero attached hydrogens (tertiary/aromatic N) is 3. The summed E-state index contributed by atoms with van der Waals surface area (Å²) in [5, 5.41) is 0. The molecule has 8 rings (SSSR count). The predicted octanol–water partition coefficient (Wildman–Crippen LogP) is 6.87. The summed E-state index contributed by atoms with van der Waals surface area (Å²) in [6.07, 6.45) is 27.1. The molecule has 0 aromatic rings. The van der Waals surface area contributed by atoms with Crippen LogP contribution in [0.15, 0.2) is 4.99 Å². The van der Waals surface area contributed by atoms with Gasteiger partial charge in [0.05, 0.1) is 18.6 Å². The molecule has 0 radical (unpaired) electrons. The number of hydrogen-bond donors (Lipinski definition) is 0. The van der Waals surface area contributed by atoms with Gasteiger partial charge >= 0.3 is 0 Å². The highest BCUT2D eigenvalue weighted by atomic mass is 15.5. The normalized spacial score (nSPS) is 43.4. The summed E-state index contributed by atoms with van der Waals surface area (Å²) in [5.74, 6) is 6.62. The molecule has 7 fully saturated rings. The van der Waals surface area contributed by atoms with E-state index < -0.39 is 0 Å². The maximum atomic E-state index is 5.30. The van der Waals surface area contributed by atoms with Crippen molar-refractivity contribution in [1.82, 2.24) is 9.80 Å². The largest absolute Gasteiger partial charge is 0.338 e. The van der Waals surface area contributed by atoms with Gasteiger partial charge < -0.3 is 9.80 Å². The summed E-state index contributed by atoms with van der Waals surface area (Å²) in [6.45, 7) is 3.72. The minimum absolute atomic E-state index is 0.708. The van der Waals surface area contributed by atoms with Crippen LogP contribution in [0.25, 0.3) is 0 Å². The standard InChI is InChI=1S/C30H49N3/c1-3-7-22(8-4-1)16-27-20-31-29-32(28(21-33(27)29)26-9-5-2-6-10-26)12-11-30-17-23-13-24(18-30)15-25(14-23)19-30/h22-28H,1-21H2/t23?,24?,25?,27-,28+,30?/m0/s1. The highest BCUT2D eigenvalue weighted by Gasteiger charge is 2.52. The number of fused-ring (bicyclic) bond motifs is 1. The van der Waals surface area contributed by atoms with Gasteiger partial charge in [0.15, 0.2) is 5.96 Å². The van der Waals surface area contributed by atoms with Gasteiger partial charge in [0.1, 0.15) is 0 Å². The molecule has 184 valence electrons. The lowest BCUT2D eigenvalue weighted by Crippen LogP contribution is -2.48. The quantitative estimate of drug-likeness (QED) is 0.439. The minimum Gasteiger partial charge on any atom is -0.338 e. The van der Waals surface area contributed by atoms with Gasteiger partial charge in [0, 0.05) is 13.1 Å². The van der Waals surface area contributed by atoms with E-state index in [2.05, 4.69) is 9.80 Å². The Morgan fingerprint density at radius 1 is 0.788 bits per heavy atom. The minimum atomic E-state index is 0.708. The van der Waals surface area contributed by atoms with Crippen LogP contribution in [0.5, 0.6) is 0 Å². The molecule has 3 nitrogen and oxygen atoms in total. The van der Waals surface area contributed by atoms with E-state index in [1.807, 2.05) is 0 Å². The molecule has 2 heterocycles. The van der Waals surface area contributed by atoms with Crippen molar-refractivity contribution >= 4 is 5.96 Å². The van der Waals surface area contributed by atoms with Gasteiger partial charge in [-0.3, -0.25) is 4.99 Å². The zero-order valence-electron chi connectivity index (χ0n) is 21.2. The van der Waals surface area contributed by atoms with E-state index in [1.165, 1.54) is 96.1 Å². The van der Waals surface area contributed by atoms with Gasteiger partial charge in [-0.15, -0.1) is 0 Å². The molecule has 4 bridgehead atoms. The van der Waals surface area contributed by atoms with Gasteiger partial charge in [0.2, 0.25) is 0 Å². The van der Waals surface area contributed by atoms with E-state index in [4.69, 9.17) is 4.99 Å².